The molecule has 0 aliphatic heterocycles. The van der Waals surface area contributed by atoms with Crippen molar-refractivity contribution < 1.29 is 0 Å². The molecule has 1 aliphatic carbocycles. The van der Waals surface area contributed by atoms with E-state index < -0.39 is 0 Å². The number of nitrogen functional groups attached to an aromatic ring is 1. The number of anilines is 1. The van der Waals surface area contributed by atoms with E-state index in [2.05, 4.69) is 45.9 Å². The van der Waals surface area contributed by atoms with Crippen molar-refractivity contribution in [2.75, 3.05) is 5.73 Å². The number of aryl methyl sites for hydroxylation is 3. The number of aromatic nitrogens is 2. The topological polar surface area (TPSA) is 43.8 Å². The molecule has 1 aromatic carbocycles. The van der Waals surface area contributed by atoms with E-state index in [1.807, 2.05) is 4.68 Å². The Morgan fingerprint density at radius 1 is 1.15 bits per heavy atom. The monoisotopic (exact) mass is 269 g/mol. The number of hydrogen-bond donors (Lipinski definition) is 1. The normalized spacial score (nSPS) is 17.0. The maximum atomic E-state index is 6.43. The summed E-state index contributed by atoms with van der Waals surface area (Å²) in [6.07, 6.45) is 3.42. The lowest BCUT2D eigenvalue weighted by atomic mass is 9.75. The molecule has 0 saturated carbocycles. The molecule has 106 valence electrons. The molecule has 0 fully saturated rings. The summed E-state index contributed by atoms with van der Waals surface area (Å²) in [7, 11) is 0. The summed E-state index contributed by atoms with van der Waals surface area (Å²) in [5.41, 5.74) is 12.6. The van der Waals surface area contributed by atoms with Gasteiger partial charge in [0.2, 0.25) is 0 Å². The van der Waals surface area contributed by atoms with E-state index in [-0.39, 0.29) is 5.41 Å². The molecule has 0 saturated heterocycles. The van der Waals surface area contributed by atoms with Crippen molar-refractivity contribution in [3.05, 3.63) is 40.6 Å². The van der Waals surface area contributed by atoms with Crippen LogP contribution in [-0.2, 0) is 11.8 Å². The second-order valence-corrected chi connectivity index (χ2v) is 6.70. The quantitative estimate of drug-likeness (QED) is 0.858. The van der Waals surface area contributed by atoms with Crippen molar-refractivity contribution in [1.29, 1.82) is 0 Å². The van der Waals surface area contributed by atoms with Gasteiger partial charge in [-0.3, -0.25) is 0 Å². The molecule has 0 radical (unpaired) electrons. The molecule has 20 heavy (non-hydrogen) atoms. The van der Waals surface area contributed by atoms with Gasteiger partial charge >= 0.3 is 0 Å². The summed E-state index contributed by atoms with van der Waals surface area (Å²) in [6, 6.07) is 6.47. The summed E-state index contributed by atoms with van der Waals surface area (Å²) >= 11 is 0. The van der Waals surface area contributed by atoms with E-state index in [0.29, 0.717) is 0 Å². The SMILES string of the molecule is Cc1cc(C)cc(-n2nc3c(c2N)C(C)(C)CCC3)c1. The first-order valence-electron chi connectivity index (χ1n) is 7.35. The van der Waals surface area contributed by atoms with Gasteiger partial charge in [0, 0.05) is 5.56 Å². The molecule has 0 atom stereocenters. The molecule has 2 aromatic rings. The average molecular weight is 269 g/mol. The van der Waals surface area contributed by atoms with Gasteiger partial charge in [0.25, 0.3) is 0 Å². The standard InChI is InChI=1S/C17H23N3/c1-11-8-12(2)10-13(9-11)20-16(18)15-14(19-20)6-5-7-17(15,3)4/h8-10H,5-7,18H2,1-4H3. The Kier molecular flexibility index (Phi) is 2.89. The molecule has 1 heterocycles. The minimum Gasteiger partial charge on any atom is -0.383 e. The zero-order valence-corrected chi connectivity index (χ0v) is 12.8. The molecule has 0 spiro atoms. The molecule has 1 aromatic heterocycles. The van der Waals surface area contributed by atoms with Crippen molar-refractivity contribution >= 4 is 5.82 Å². The Labute approximate surface area is 120 Å². The average Bonchev–Trinajstić information content (AvgIpc) is 2.66. The van der Waals surface area contributed by atoms with Crippen molar-refractivity contribution in [1.82, 2.24) is 9.78 Å². The van der Waals surface area contributed by atoms with Gasteiger partial charge < -0.3 is 5.73 Å². The Bertz CT molecular complexity index is 645. The maximum absolute atomic E-state index is 6.43. The molecule has 0 unspecified atom stereocenters. The minimum atomic E-state index is 0.134. The smallest absolute Gasteiger partial charge is 0.131 e. The van der Waals surface area contributed by atoms with Gasteiger partial charge in [-0.1, -0.05) is 19.9 Å². The molecule has 0 amide bonds. The molecule has 2 N–H and O–H groups in total. The van der Waals surface area contributed by atoms with Crippen molar-refractivity contribution in [2.24, 2.45) is 0 Å². The molecular formula is C17H23N3. The highest BCUT2D eigenvalue weighted by Gasteiger charge is 2.33. The fraction of sp³-hybridized carbons (Fsp3) is 0.471. The van der Waals surface area contributed by atoms with Crippen LogP contribution in [0.3, 0.4) is 0 Å². The highest BCUT2D eigenvalue weighted by atomic mass is 15.3. The third-order valence-electron chi connectivity index (χ3n) is 4.34. The third kappa shape index (κ3) is 2.01. The Hall–Kier alpha value is -1.77. The van der Waals surface area contributed by atoms with Crippen LogP contribution in [0, 0.1) is 13.8 Å². The first kappa shape index (κ1) is 13.2. The summed E-state index contributed by atoms with van der Waals surface area (Å²) < 4.78 is 1.93. The van der Waals surface area contributed by atoms with Gasteiger partial charge in [-0.25, -0.2) is 4.68 Å². The Morgan fingerprint density at radius 2 is 1.80 bits per heavy atom. The fourth-order valence-corrected chi connectivity index (χ4v) is 3.48. The molecule has 3 heteroatoms. The van der Waals surface area contributed by atoms with Crippen LogP contribution in [0.15, 0.2) is 18.2 Å². The predicted molar refractivity (Wildman–Crippen MR) is 83.4 cm³/mol. The van der Waals surface area contributed by atoms with Crippen LogP contribution in [0.25, 0.3) is 5.69 Å². The Balaban J connectivity index is 2.19. The number of benzene rings is 1. The number of nitrogens with two attached hydrogens (primary N) is 1. The van der Waals surface area contributed by atoms with Gasteiger partial charge in [0.05, 0.1) is 11.4 Å². The number of fused-ring (bicyclic) bond motifs is 1. The van der Waals surface area contributed by atoms with Gasteiger partial charge in [0.1, 0.15) is 5.82 Å². The van der Waals surface area contributed by atoms with E-state index in [1.54, 1.807) is 0 Å². The van der Waals surface area contributed by atoms with Crippen LogP contribution in [0.1, 0.15) is 49.1 Å². The number of nitrogens with zero attached hydrogens (tertiary/aromatic N) is 2. The predicted octanol–water partition coefficient (Wildman–Crippen LogP) is 3.69. The molecule has 3 nitrogen and oxygen atoms in total. The first-order chi connectivity index (χ1) is 9.38. The highest BCUT2D eigenvalue weighted by molar-refractivity contribution is 5.55. The van der Waals surface area contributed by atoms with Gasteiger partial charge in [0.15, 0.2) is 0 Å². The highest BCUT2D eigenvalue weighted by Crippen LogP contribution is 2.40. The largest absolute Gasteiger partial charge is 0.383 e. The summed E-state index contributed by atoms with van der Waals surface area (Å²) in [6.45, 7) is 8.77. The second kappa shape index (κ2) is 4.37. The maximum Gasteiger partial charge on any atom is 0.131 e. The van der Waals surface area contributed by atoms with Crippen LogP contribution in [-0.4, -0.2) is 9.78 Å². The lowest BCUT2D eigenvalue weighted by Gasteiger charge is -2.29. The zero-order valence-electron chi connectivity index (χ0n) is 12.8. The molecule has 1 aliphatic rings. The van der Waals surface area contributed by atoms with Crippen molar-refractivity contribution in [3.8, 4) is 5.69 Å². The summed E-state index contributed by atoms with van der Waals surface area (Å²) in [5.74, 6) is 0.815. The van der Waals surface area contributed by atoms with Crippen LogP contribution < -0.4 is 5.73 Å². The summed E-state index contributed by atoms with van der Waals surface area (Å²) in [4.78, 5) is 0. The van der Waals surface area contributed by atoms with Crippen LogP contribution in [0.4, 0.5) is 5.82 Å². The molecular weight excluding hydrogens is 246 g/mol. The van der Waals surface area contributed by atoms with Crippen LogP contribution in [0.2, 0.25) is 0 Å². The second-order valence-electron chi connectivity index (χ2n) is 6.70. The van der Waals surface area contributed by atoms with E-state index in [9.17, 15) is 0 Å². The first-order valence-corrected chi connectivity index (χ1v) is 7.35. The van der Waals surface area contributed by atoms with Gasteiger partial charge in [-0.15, -0.1) is 0 Å². The fourth-order valence-electron chi connectivity index (χ4n) is 3.48. The van der Waals surface area contributed by atoms with E-state index in [0.717, 1.165) is 17.9 Å². The lowest BCUT2D eigenvalue weighted by molar-refractivity contribution is 0.432. The molecule has 3 rings (SSSR count). The van der Waals surface area contributed by atoms with Crippen LogP contribution >= 0.6 is 0 Å². The van der Waals surface area contributed by atoms with Crippen molar-refractivity contribution in [3.63, 3.8) is 0 Å². The number of rotatable bonds is 1. The number of hydrogen-bond acceptors (Lipinski definition) is 2. The minimum absolute atomic E-state index is 0.134. The zero-order chi connectivity index (χ0) is 14.5. The molecule has 0 bridgehead atoms. The van der Waals surface area contributed by atoms with Crippen LogP contribution in [0.5, 0.6) is 0 Å². The van der Waals surface area contributed by atoms with Gasteiger partial charge in [-0.2, -0.15) is 5.10 Å². The van der Waals surface area contributed by atoms with E-state index in [1.165, 1.54) is 35.2 Å². The summed E-state index contributed by atoms with van der Waals surface area (Å²) in [5, 5.41) is 4.79. The third-order valence-corrected chi connectivity index (χ3v) is 4.34. The Morgan fingerprint density at radius 3 is 2.40 bits per heavy atom. The van der Waals surface area contributed by atoms with Crippen molar-refractivity contribution in [2.45, 2.75) is 52.4 Å². The lowest BCUT2D eigenvalue weighted by Crippen LogP contribution is -2.24. The van der Waals surface area contributed by atoms with E-state index >= 15 is 0 Å². The van der Waals surface area contributed by atoms with Gasteiger partial charge in [-0.05, 0) is 61.8 Å². The van der Waals surface area contributed by atoms with E-state index in [4.69, 9.17) is 10.8 Å².